The number of imidazole rings is 1. The van der Waals surface area contributed by atoms with E-state index in [0.717, 1.165) is 44.2 Å². The predicted octanol–water partition coefficient (Wildman–Crippen LogP) is 3.34. The number of carbonyl (C=O) groups excluding carboxylic acids is 1. The van der Waals surface area contributed by atoms with Crippen molar-refractivity contribution in [2.24, 2.45) is 0 Å². The van der Waals surface area contributed by atoms with Gasteiger partial charge in [-0.25, -0.2) is 13.8 Å². The quantitative estimate of drug-likeness (QED) is 0.646. The lowest BCUT2D eigenvalue weighted by Gasteiger charge is -2.32. The van der Waals surface area contributed by atoms with Crippen molar-refractivity contribution < 1.29 is 13.6 Å². The predicted molar refractivity (Wildman–Crippen MR) is 114 cm³/mol. The molecule has 2 saturated heterocycles. The van der Waals surface area contributed by atoms with E-state index in [2.05, 4.69) is 21.8 Å². The largest absolute Gasteiger partial charge is 0.363 e. The fourth-order valence-electron chi connectivity index (χ4n) is 4.64. The zero-order valence-corrected chi connectivity index (χ0v) is 17.5. The molecule has 2 fully saturated rings. The van der Waals surface area contributed by atoms with E-state index in [9.17, 15) is 13.6 Å². The van der Waals surface area contributed by atoms with Crippen LogP contribution in [0.15, 0.2) is 42.7 Å². The van der Waals surface area contributed by atoms with Crippen LogP contribution in [0, 0.1) is 11.6 Å². The third kappa shape index (κ3) is 3.65. The lowest BCUT2D eigenvalue weighted by atomic mass is 10.0. The van der Waals surface area contributed by atoms with Crippen LogP contribution in [-0.2, 0) is 0 Å². The highest BCUT2D eigenvalue weighted by molar-refractivity contribution is 5.93. The van der Waals surface area contributed by atoms with Crippen LogP contribution in [0.5, 0.6) is 0 Å². The molecule has 4 heterocycles. The minimum atomic E-state index is -0.437. The number of aromatic nitrogens is 2. The van der Waals surface area contributed by atoms with Crippen LogP contribution in [0.4, 0.5) is 14.5 Å². The monoisotopic (exact) mass is 425 g/mol. The van der Waals surface area contributed by atoms with E-state index in [-0.39, 0.29) is 11.9 Å². The molecule has 2 aromatic heterocycles. The second kappa shape index (κ2) is 7.92. The van der Waals surface area contributed by atoms with Gasteiger partial charge in [-0.15, -0.1) is 0 Å². The average Bonchev–Trinajstić information content (AvgIpc) is 3.42. The summed E-state index contributed by atoms with van der Waals surface area (Å²) in [5, 5.41) is 0. The SMILES string of the molecule is CN1CCN(C(=O)c2cnc3ccc(N4CCCC4c4cc(F)ccc4F)cn23)CC1. The molecule has 31 heavy (non-hydrogen) atoms. The van der Waals surface area contributed by atoms with Gasteiger partial charge in [0.05, 0.1) is 17.9 Å². The standard InChI is InChI=1S/C23H25F2N5O/c1-27-9-11-28(12-10-27)23(31)21-14-26-22-7-5-17(15-30(21)22)29-8-2-3-20(29)18-13-16(24)4-6-19(18)25/h4-7,13-15,20H,2-3,8-12H2,1H3. The minimum absolute atomic E-state index is 0.0353. The summed E-state index contributed by atoms with van der Waals surface area (Å²) in [6.45, 7) is 3.82. The average molecular weight is 425 g/mol. The Morgan fingerprint density at radius 1 is 1.06 bits per heavy atom. The molecule has 2 aliphatic heterocycles. The Labute approximate surface area is 179 Å². The normalized spacial score (nSPS) is 20.0. The second-order valence-corrected chi connectivity index (χ2v) is 8.37. The Kier molecular flexibility index (Phi) is 5.09. The fourth-order valence-corrected chi connectivity index (χ4v) is 4.64. The summed E-state index contributed by atoms with van der Waals surface area (Å²) >= 11 is 0. The Balaban J connectivity index is 1.47. The molecule has 2 aliphatic rings. The molecule has 1 amide bonds. The van der Waals surface area contributed by atoms with Gasteiger partial charge in [0.15, 0.2) is 0 Å². The number of nitrogens with zero attached hydrogens (tertiary/aromatic N) is 5. The number of rotatable bonds is 3. The molecule has 0 aliphatic carbocycles. The van der Waals surface area contributed by atoms with Gasteiger partial charge in [0.2, 0.25) is 0 Å². The van der Waals surface area contributed by atoms with Gasteiger partial charge in [0.1, 0.15) is 23.0 Å². The molecule has 0 saturated carbocycles. The number of hydrogen-bond donors (Lipinski definition) is 0. The summed E-state index contributed by atoms with van der Waals surface area (Å²) in [4.78, 5) is 23.7. The van der Waals surface area contributed by atoms with E-state index < -0.39 is 11.6 Å². The summed E-state index contributed by atoms with van der Waals surface area (Å²) in [6, 6.07) is 7.18. The number of hydrogen-bond acceptors (Lipinski definition) is 4. The molecular formula is C23H25F2N5O. The van der Waals surface area contributed by atoms with Crippen LogP contribution in [-0.4, -0.2) is 64.9 Å². The van der Waals surface area contributed by atoms with E-state index in [4.69, 9.17) is 0 Å². The third-order valence-corrected chi connectivity index (χ3v) is 6.40. The molecule has 1 aromatic carbocycles. The van der Waals surface area contributed by atoms with Gasteiger partial charge in [-0.1, -0.05) is 0 Å². The zero-order chi connectivity index (χ0) is 21.5. The maximum Gasteiger partial charge on any atom is 0.272 e. The van der Waals surface area contributed by atoms with Crippen LogP contribution in [0.1, 0.15) is 34.9 Å². The number of pyridine rings is 1. The number of carbonyl (C=O) groups is 1. The van der Waals surface area contributed by atoms with E-state index in [1.807, 2.05) is 27.6 Å². The van der Waals surface area contributed by atoms with Gasteiger partial charge in [-0.05, 0) is 50.2 Å². The molecule has 1 unspecified atom stereocenters. The van der Waals surface area contributed by atoms with Crippen LogP contribution in [0.25, 0.3) is 5.65 Å². The maximum absolute atomic E-state index is 14.5. The number of piperazine rings is 1. The third-order valence-electron chi connectivity index (χ3n) is 6.40. The molecule has 0 bridgehead atoms. The highest BCUT2D eigenvalue weighted by Gasteiger charge is 2.30. The van der Waals surface area contributed by atoms with E-state index >= 15 is 0 Å². The first-order chi connectivity index (χ1) is 15.0. The summed E-state index contributed by atoms with van der Waals surface area (Å²) < 4.78 is 30.1. The molecule has 8 heteroatoms. The van der Waals surface area contributed by atoms with E-state index in [1.165, 1.54) is 12.1 Å². The van der Waals surface area contributed by atoms with Gasteiger partial charge >= 0.3 is 0 Å². The van der Waals surface area contributed by atoms with E-state index in [1.54, 1.807) is 6.20 Å². The first-order valence-corrected chi connectivity index (χ1v) is 10.7. The number of benzene rings is 1. The minimum Gasteiger partial charge on any atom is -0.363 e. The van der Waals surface area contributed by atoms with Crippen LogP contribution in [0.3, 0.4) is 0 Å². The summed E-state index contributed by atoms with van der Waals surface area (Å²) in [5.41, 5.74) is 2.45. The van der Waals surface area contributed by atoms with Gasteiger partial charge in [-0.3, -0.25) is 9.20 Å². The number of amides is 1. The summed E-state index contributed by atoms with van der Waals surface area (Å²) in [6.07, 6.45) is 5.14. The summed E-state index contributed by atoms with van der Waals surface area (Å²) in [5.74, 6) is -0.867. The fraction of sp³-hybridized carbons (Fsp3) is 0.391. The topological polar surface area (TPSA) is 44.1 Å². The zero-order valence-electron chi connectivity index (χ0n) is 17.5. The Hall–Kier alpha value is -3.00. The van der Waals surface area contributed by atoms with Crippen molar-refractivity contribution in [3.63, 3.8) is 0 Å². The number of likely N-dealkylation sites (N-methyl/N-ethyl adjacent to an activating group) is 1. The highest BCUT2D eigenvalue weighted by atomic mass is 19.1. The number of halogens is 2. The van der Waals surface area contributed by atoms with Crippen molar-refractivity contribution in [3.8, 4) is 0 Å². The molecule has 0 radical (unpaired) electrons. The molecule has 0 spiro atoms. The van der Waals surface area contributed by atoms with Crippen molar-refractivity contribution in [3.05, 3.63) is 65.6 Å². The molecular weight excluding hydrogens is 400 g/mol. The Morgan fingerprint density at radius 3 is 2.68 bits per heavy atom. The van der Waals surface area contributed by atoms with Crippen LogP contribution >= 0.6 is 0 Å². The first kappa shape index (κ1) is 19.9. The van der Waals surface area contributed by atoms with E-state index in [0.29, 0.717) is 30.0 Å². The lowest BCUT2D eigenvalue weighted by molar-refractivity contribution is 0.0657. The Morgan fingerprint density at radius 2 is 1.87 bits per heavy atom. The number of fused-ring (bicyclic) bond motifs is 1. The van der Waals surface area contributed by atoms with Crippen molar-refractivity contribution in [1.29, 1.82) is 0 Å². The first-order valence-electron chi connectivity index (χ1n) is 10.7. The summed E-state index contributed by atoms with van der Waals surface area (Å²) in [7, 11) is 2.05. The van der Waals surface area contributed by atoms with Crippen molar-refractivity contribution in [2.45, 2.75) is 18.9 Å². The highest BCUT2D eigenvalue weighted by Crippen LogP contribution is 2.37. The van der Waals surface area contributed by atoms with Gasteiger partial charge in [0.25, 0.3) is 5.91 Å². The van der Waals surface area contributed by atoms with Crippen molar-refractivity contribution in [2.75, 3.05) is 44.7 Å². The molecule has 6 nitrogen and oxygen atoms in total. The van der Waals surface area contributed by atoms with Gasteiger partial charge in [-0.2, -0.15) is 0 Å². The van der Waals surface area contributed by atoms with Crippen molar-refractivity contribution >= 4 is 17.2 Å². The molecule has 1 atom stereocenters. The maximum atomic E-state index is 14.5. The van der Waals surface area contributed by atoms with Gasteiger partial charge in [0, 0.05) is 44.5 Å². The lowest BCUT2D eigenvalue weighted by Crippen LogP contribution is -2.47. The molecule has 162 valence electrons. The van der Waals surface area contributed by atoms with Crippen LogP contribution < -0.4 is 4.90 Å². The Bertz CT molecular complexity index is 1120. The second-order valence-electron chi connectivity index (χ2n) is 8.37. The van der Waals surface area contributed by atoms with Gasteiger partial charge < -0.3 is 14.7 Å². The molecule has 0 N–H and O–H groups in total. The van der Waals surface area contributed by atoms with Crippen molar-refractivity contribution in [1.82, 2.24) is 19.2 Å². The molecule has 3 aromatic rings. The molecule has 5 rings (SSSR count). The smallest absolute Gasteiger partial charge is 0.272 e. The van der Waals surface area contributed by atoms with Crippen LogP contribution in [0.2, 0.25) is 0 Å². The number of anilines is 1.